The Labute approximate surface area is 170 Å². The number of rotatable bonds is 8. The fourth-order valence-corrected chi connectivity index (χ4v) is 3.09. The topological polar surface area (TPSA) is 66.2 Å². The molecule has 3 aromatic rings. The number of methoxy groups -OCH3 is 2. The summed E-state index contributed by atoms with van der Waals surface area (Å²) in [7, 11) is 3.23. The maximum absolute atomic E-state index is 13.2. The van der Waals surface area contributed by atoms with Crippen molar-refractivity contribution in [2.24, 2.45) is 0 Å². The third-order valence-electron chi connectivity index (χ3n) is 4.51. The number of nitrogens with zero attached hydrogens (tertiary/aromatic N) is 3. The number of carbonyl (C=O) groups excluding carboxylic acids is 1. The van der Waals surface area contributed by atoms with Crippen molar-refractivity contribution in [1.82, 2.24) is 14.5 Å². The minimum atomic E-state index is -0.104. The van der Waals surface area contributed by atoms with Gasteiger partial charge in [-0.3, -0.25) is 14.3 Å². The lowest BCUT2D eigenvalue weighted by Crippen LogP contribution is -2.12. The summed E-state index contributed by atoms with van der Waals surface area (Å²) >= 11 is 0. The first-order valence-corrected chi connectivity index (χ1v) is 9.56. The van der Waals surface area contributed by atoms with E-state index in [1.807, 2.05) is 55.5 Å². The van der Waals surface area contributed by atoms with Crippen molar-refractivity contribution in [3.63, 3.8) is 0 Å². The second kappa shape index (κ2) is 9.68. The minimum Gasteiger partial charge on any atom is -0.501 e. The third-order valence-corrected chi connectivity index (χ3v) is 4.51. The highest BCUT2D eigenvalue weighted by Gasteiger charge is 2.18. The molecule has 0 N–H and O–H groups in total. The molecule has 0 aliphatic carbocycles. The van der Waals surface area contributed by atoms with Crippen molar-refractivity contribution < 1.29 is 14.3 Å². The third kappa shape index (κ3) is 4.71. The Kier molecular flexibility index (Phi) is 6.79. The van der Waals surface area contributed by atoms with Crippen LogP contribution in [0.4, 0.5) is 0 Å². The van der Waals surface area contributed by atoms with Crippen LogP contribution in [0.15, 0.2) is 72.3 Å². The van der Waals surface area contributed by atoms with E-state index >= 15 is 0 Å². The van der Waals surface area contributed by atoms with Crippen LogP contribution in [-0.2, 0) is 9.47 Å². The van der Waals surface area contributed by atoms with Crippen molar-refractivity contribution >= 4 is 16.9 Å². The lowest BCUT2D eigenvalue weighted by atomic mass is 10.2. The fourth-order valence-electron chi connectivity index (χ4n) is 3.09. The SMILES string of the molecule is CC/C=C(\C/C(=C\CC(=O)n1c(-c2ccccn2)nc2ccccc21)OC)OC. The van der Waals surface area contributed by atoms with Crippen molar-refractivity contribution in [3.05, 3.63) is 72.3 Å². The Bertz CT molecular complexity index is 1040. The number of para-hydroxylation sites is 2. The van der Waals surface area contributed by atoms with E-state index in [0.717, 1.165) is 23.2 Å². The molecule has 3 rings (SSSR count). The second-order valence-electron chi connectivity index (χ2n) is 6.41. The van der Waals surface area contributed by atoms with Gasteiger partial charge in [0.2, 0.25) is 5.91 Å². The molecule has 0 saturated carbocycles. The molecular weight excluding hydrogens is 366 g/mol. The quantitative estimate of drug-likeness (QED) is 0.506. The number of carbonyl (C=O) groups is 1. The molecular formula is C23H25N3O3. The van der Waals surface area contributed by atoms with Gasteiger partial charge in [-0.1, -0.05) is 25.1 Å². The number of benzene rings is 1. The molecule has 2 heterocycles. The Morgan fingerprint density at radius 2 is 1.76 bits per heavy atom. The summed E-state index contributed by atoms with van der Waals surface area (Å²) in [5, 5.41) is 0. The van der Waals surface area contributed by atoms with Gasteiger partial charge in [0, 0.05) is 12.6 Å². The van der Waals surface area contributed by atoms with Gasteiger partial charge >= 0.3 is 0 Å². The number of fused-ring (bicyclic) bond motifs is 1. The van der Waals surface area contributed by atoms with Crippen LogP contribution in [-0.4, -0.2) is 34.7 Å². The number of allylic oxidation sites excluding steroid dienone is 2. The maximum atomic E-state index is 13.2. The monoisotopic (exact) mass is 391 g/mol. The first kappa shape index (κ1) is 20.3. The van der Waals surface area contributed by atoms with Gasteiger partial charge in [-0.2, -0.15) is 0 Å². The van der Waals surface area contributed by atoms with Crippen molar-refractivity contribution in [2.45, 2.75) is 26.2 Å². The summed E-state index contributed by atoms with van der Waals surface area (Å²) in [6.07, 6.45) is 7.03. The molecule has 6 heteroatoms. The Hall–Kier alpha value is -3.41. The van der Waals surface area contributed by atoms with Gasteiger partial charge in [-0.05, 0) is 42.8 Å². The van der Waals surface area contributed by atoms with Crippen LogP contribution in [0.2, 0.25) is 0 Å². The molecule has 0 bridgehead atoms. The summed E-state index contributed by atoms with van der Waals surface area (Å²) in [6, 6.07) is 13.1. The fraction of sp³-hybridized carbons (Fsp3) is 0.261. The first-order chi connectivity index (χ1) is 14.2. The molecule has 0 aliphatic heterocycles. The predicted octanol–water partition coefficient (Wildman–Crippen LogP) is 4.99. The smallest absolute Gasteiger partial charge is 0.236 e. The van der Waals surface area contributed by atoms with Gasteiger partial charge in [0.1, 0.15) is 5.69 Å². The van der Waals surface area contributed by atoms with E-state index in [2.05, 4.69) is 9.97 Å². The number of aromatic nitrogens is 3. The van der Waals surface area contributed by atoms with Gasteiger partial charge in [0.15, 0.2) is 5.82 Å². The zero-order chi connectivity index (χ0) is 20.6. The molecule has 1 aromatic carbocycles. The zero-order valence-corrected chi connectivity index (χ0v) is 17.0. The molecule has 0 saturated heterocycles. The van der Waals surface area contributed by atoms with E-state index in [1.54, 1.807) is 31.1 Å². The van der Waals surface area contributed by atoms with Crippen molar-refractivity contribution in [3.8, 4) is 11.5 Å². The highest BCUT2D eigenvalue weighted by molar-refractivity contribution is 5.95. The molecule has 150 valence electrons. The minimum absolute atomic E-state index is 0.104. The van der Waals surface area contributed by atoms with Crippen molar-refractivity contribution in [1.29, 1.82) is 0 Å². The van der Waals surface area contributed by atoms with Gasteiger partial charge in [0.25, 0.3) is 0 Å². The number of imidazole rings is 1. The van der Waals surface area contributed by atoms with E-state index < -0.39 is 0 Å². The normalized spacial score (nSPS) is 12.2. The van der Waals surface area contributed by atoms with Crippen LogP contribution in [0.3, 0.4) is 0 Å². The van der Waals surface area contributed by atoms with E-state index in [0.29, 0.717) is 23.7 Å². The molecule has 0 spiro atoms. The van der Waals surface area contributed by atoms with Crippen LogP contribution in [0, 0.1) is 0 Å². The number of ether oxygens (including phenoxy) is 2. The maximum Gasteiger partial charge on any atom is 0.236 e. The number of pyridine rings is 1. The standard InChI is InChI=1S/C23H25N3O3/c1-4-9-17(28-2)16-18(29-3)13-14-22(27)26-21-12-6-5-10-19(21)25-23(26)20-11-7-8-15-24-20/h5-13,15H,4,14,16H2,1-3H3/b17-9+,18-13+. The molecule has 0 atom stereocenters. The highest BCUT2D eigenvalue weighted by Crippen LogP contribution is 2.24. The molecule has 0 aliphatic rings. The van der Waals surface area contributed by atoms with Gasteiger partial charge in [-0.25, -0.2) is 4.98 Å². The van der Waals surface area contributed by atoms with E-state index in [1.165, 1.54) is 0 Å². The molecule has 29 heavy (non-hydrogen) atoms. The van der Waals surface area contributed by atoms with Crippen LogP contribution < -0.4 is 0 Å². The lowest BCUT2D eigenvalue weighted by Gasteiger charge is -2.10. The van der Waals surface area contributed by atoms with Gasteiger partial charge in [-0.15, -0.1) is 0 Å². The predicted molar refractivity (Wildman–Crippen MR) is 113 cm³/mol. The summed E-state index contributed by atoms with van der Waals surface area (Å²) in [5.74, 6) is 1.93. The average Bonchev–Trinajstić information content (AvgIpc) is 3.16. The highest BCUT2D eigenvalue weighted by atomic mass is 16.5. The number of hydrogen-bond acceptors (Lipinski definition) is 5. The summed E-state index contributed by atoms with van der Waals surface area (Å²) in [6.45, 7) is 2.04. The molecule has 0 fully saturated rings. The van der Waals surface area contributed by atoms with Crippen LogP contribution in [0.25, 0.3) is 22.6 Å². The van der Waals surface area contributed by atoms with Crippen LogP contribution >= 0.6 is 0 Å². The lowest BCUT2D eigenvalue weighted by molar-refractivity contribution is 0.0921. The van der Waals surface area contributed by atoms with Gasteiger partial charge < -0.3 is 9.47 Å². The Balaban J connectivity index is 1.93. The molecule has 6 nitrogen and oxygen atoms in total. The Morgan fingerprint density at radius 1 is 1.03 bits per heavy atom. The molecule has 0 radical (unpaired) electrons. The van der Waals surface area contributed by atoms with E-state index in [4.69, 9.17) is 9.47 Å². The van der Waals surface area contributed by atoms with Gasteiger partial charge in [0.05, 0.1) is 43.2 Å². The van der Waals surface area contributed by atoms with Crippen LogP contribution in [0.1, 0.15) is 31.0 Å². The molecule has 0 unspecified atom stereocenters. The van der Waals surface area contributed by atoms with E-state index in [-0.39, 0.29) is 12.3 Å². The molecule has 2 aromatic heterocycles. The average molecular weight is 391 g/mol. The summed E-state index contributed by atoms with van der Waals surface area (Å²) in [5.41, 5.74) is 2.17. The number of hydrogen-bond donors (Lipinski definition) is 0. The summed E-state index contributed by atoms with van der Waals surface area (Å²) < 4.78 is 12.4. The Morgan fingerprint density at radius 3 is 2.45 bits per heavy atom. The summed E-state index contributed by atoms with van der Waals surface area (Å²) in [4.78, 5) is 22.2. The second-order valence-corrected chi connectivity index (χ2v) is 6.41. The zero-order valence-electron chi connectivity index (χ0n) is 17.0. The molecule has 0 amide bonds. The van der Waals surface area contributed by atoms with Crippen molar-refractivity contribution in [2.75, 3.05) is 14.2 Å². The largest absolute Gasteiger partial charge is 0.501 e. The first-order valence-electron chi connectivity index (χ1n) is 9.56. The van der Waals surface area contributed by atoms with E-state index in [9.17, 15) is 4.79 Å². The van der Waals surface area contributed by atoms with Crippen LogP contribution in [0.5, 0.6) is 0 Å².